The number of nitrogens with zero attached hydrogens (tertiary/aromatic N) is 4. The lowest BCUT2D eigenvalue weighted by molar-refractivity contribution is 0.371. The van der Waals surface area contributed by atoms with Crippen LogP contribution in [-0.2, 0) is 7.05 Å². The molecule has 0 radical (unpaired) electrons. The first kappa shape index (κ1) is 15.0. The summed E-state index contributed by atoms with van der Waals surface area (Å²) in [5.74, 6) is 0.561. The lowest BCUT2D eigenvalue weighted by atomic mass is 9.76. The fraction of sp³-hybridized carbons (Fsp3) is 0.353. The molecule has 0 atom stereocenters. The minimum Gasteiger partial charge on any atom is -0.367 e. The van der Waals surface area contributed by atoms with Gasteiger partial charge in [0.05, 0.1) is 11.6 Å². The summed E-state index contributed by atoms with van der Waals surface area (Å²) in [6.45, 7) is 1.84. The number of fused-ring (bicyclic) bond motifs is 1. The van der Waals surface area contributed by atoms with Crippen molar-refractivity contribution in [1.29, 1.82) is 0 Å². The Morgan fingerprint density at radius 2 is 1.83 bits per heavy atom. The van der Waals surface area contributed by atoms with Crippen molar-refractivity contribution >= 4 is 16.9 Å². The number of hydrogen-bond donors (Lipinski definition) is 1. The Labute approximate surface area is 137 Å². The van der Waals surface area contributed by atoms with Gasteiger partial charge in [-0.15, -0.1) is 0 Å². The number of anilines is 1. The Kier molecular flexibility index (Phi) is 3.44. The van der Waals surface area contributed by atoms with E-state index in [1.165, 1.54) is 12.1 Å². The number of halogens is 2. The van der Waals surface area contributed by atoms with Crippen LogP contribution in [0.4, 0.5) is 14.6 Å². The van der Waals surface area contributed by atoms with Crippen LogP contribution < -0.4 is 5.32 Å². The van der Waals surface area contributed by atoms with Crippen molar-refractivity contribution in [3.8, 4) is 0 Å². The molecule has 2 heterocycles. The zero-order valence-corrected chi connectivity index (χ0v) is 13.4. The molecule has 3 aromatic rings. The molecule has 124 valence electrons. The predicted molar refractivity (Wildman–Crippen MR) is 86.8 cm³/mol. The SMILES string of the molecule is Cc1nc(NC2CC(c3cc(F)cc(F)c3)C2)c2cnn(C)c2n1. The van der Waals surface area contributed by atoms with Crippen LogP contribution in [0, 0.1) is 18.6 Å². The van der Waals surface area contributed by atoms with Gasteiger partial charge in [-0.3, -0.25) is 4.68 Å². The van der Waals surface area contributed by atoms with Crippen LogP contribution in [0.5, 0.6) is 0 Å². The maximum atomic E-state index is 13.3. The lowest BCUT2D eigenvalue weighted by Gasteiger charge is -2.36. The average Bonchev–Trinajstić information content (AvgIpc) is 2.82. The molecule has 0 bridgehead atoms. The van der Waals surface area contributed by atoms with Gasteiger partial charge in [-0.05, 0) is 43.4 Å². The molecule has 1 aliphatic rings. The van der Waals surface area contributed by atoms with Crippen molar-refractivity contribution in [2.45, 2.75) is 31.7 Å². The summed E-state index contributed by atoms with van der Waals surface area (Å²) >= 11 is 0. The molecule has 7 heteroatoms. The lowest BCUT2D eigenvalue weighted by Crippen LogP contribution is -2.34. The van der Waals surface area contributed by atoms with Gasteiger partial charge in [0.1, 0.15) is 23.3 Å². The van der Waals surface area contributed by atoms with Crippen LogP contribution in [0.2, 0.25) is 0 Å². The third kappa shape index (κ3) is 2.60. The van der Waals surface area contributed by atoms with Crippen molar-refractivity contribution < 1.29 is 8.78 Å². The second kappa shape index (κ2) is 5.51. The first-order valence-corrected chi connectivity index (χ1v) is 7.88. The summed E-state index contributed by atoms with van der Waals surface area (Å²) in [5, 5.41) is 8.51. The Hall–Kier alpha value is -2.57. The van der Waals surface area contributed by atoms with Crippen molar-refractivity contribution in [3.05, 3.63) is 47.4 Å². The summed E-state index contributed by atoms with van der Waals surface area (Å²) in [5.41, 5.74) is 1.50. The maximum absolute atomic E-state index is 13.3. The highest BCUT2D eigenvalue weighted by atomic mass is 19.1. The smallest absolute Gasteiger partial charge is 0.163 e. The van der Waals surface area contributed by atoms with Crippen molar-refractivity contribution in [2.75, 3.05) is 5.32 Å². The topological polar surface area (TPSA) is 55.6 Å². The number of rotatable bonds is 3. The van der Waals surface area contributed by atoms with E-state index in [4.69, 9.17) is 0 Å². The molecule has 0 spiro atoms. The zero-order valence-electron chi connectivity index (χ0n) is 13.4. The van der Waals surface area contributed by atoms with Crippen LogP contribution in [0.25, 0.3) is 11.0 Å². The molecular weight excluding hydrogens is 312 g/mol. The number of aryl methyl sites for hydroxylation is 2. The van der Waals surface area contributed by atoms with Gasteiger partial charge in [0, 0.05) is 19.2 Å². The van der Waals surface area contributed by atoms with E-state index in [9.17, 15) is 8.78 Å². The molecule has 0 amide bonds. The van der Waals surface area contributed by atoms with E-state index >= 15 is 0 Å². The Bertz CT molecular complexity index is 894. The molecule has 5 nitrogen and oxygen atoms in total. The van der Waals surface area contributed by atoms with E-state index in [-0.39, 0.29) is 12.0 Å². The molecule has 1 aliphatic carbocycles. The van der Waals surface area contributed by atoms with E-state index in [0.29, 0.717) is 5.82 Å². The standard InChI is InChI=1S/C17H17F2N5/c1-9-21-16(15-8-20-24(2)17(15)22-9)23-14-5-11(6-14)10-3-12(18)7-13(19)4-10/h3-4,7-8,11,14H,5-6H2,1-2H3,(H,21,22,23). The molecule has 4 rings (SSSR count). The van der Waals surface area contributed by atoms with Gasteiger partial charge in [0.2, 0.25) is 0 Å². The summed E-state index contributed by atoms with van der Waals surface area (Å²) in [4.78, 5) is 8.86. The Morgan fingerprint density at radius 3 is 2.54 bits per heavy atom. The van der Waals surface area contributed by atoms with Crippen LogP contribution in [0.1, 0.15) is 30.1 Å². The predicted octanol–water partition coefficient (Wildman–Crippen LogP) is 3.31. The molecular formula is C17H17F2N5. The van der Waals surface area contributed by atoms with Gasteiger partial charge in [0.15, 0.2) is 5.65 Å². The highest BCUT2D eigenvalue weighted by molar-refractivity contribution is 5.86. The fourth-order valence-electron chi connectivity index (χ4n) is 3.25. The van der Waals surface area contributed by atoms with Crippen molar-refractivity contribution in [3.63, 3.8) is 0 Å². The molecule has 1 saturated carbocycles. The molecule has 0 aliphatic heterocycles. The summed E-state index contributed by atoms with van der Waals surface area (Å²) in [6.07, 6.45) is 3.37. The number of nitrogens with one attached hydrogen (secondary N) is 1. The summed E-state index contributed by atoms with van der Waals surface area (Å²) < 4.78 is 28.4. The summed E-state index contributed by atoms with van der Waals surface area (Å²) in [7, 11) is 1.84. The zero-order chi connectivity index (χ0) is 16.8. The highest BCUT2D eigenvalue weighted by Gasteiger charge is 2.31. The van der Waals surface area contributed by atoms with Gasteiger partial charge >= 0.3 is 0 Å². The monoisotopic (exact) mass is 329 g/mol. The van der Waals surface area contributed by atoms with E-state index in [0.717, 1.165) is 41.3 Å². The van der Waals surface area contributed by atoms with Gasteiger partial charge < -0.3 is 5.32 Å². The second-order valence-electron chi connectivity index (χ2n) is 6.34. The fourth-order valence-corrected chi connectivity index (χ4v) is 3.25. The van der Waals surface area contributed by atoms with E-state index in [1.807, 2.05) is 14.0 Å². The number of hydrogen-bond acceptors (Lipinski definition) is 4. The van der Waals surface area contributed by atoms with E-state index < -0.39 is 11.6 Å². The number of aromatic nitrogens is 4. The first-order chi connectivity index (χ1) is 11.5. The first-order valence-electron chi connectivity index (χ1n) is 7.88. The molecule has 1 aromatic carbocycles. The molecule has 1 fully saturated rings. The van der Waals surface area contributed by atoms with E-state index in [1.54, 1.807) is 10.9 Å². The molecule has 24 heavy (non-hydrogen) atoms. The van der Waals surface area contributed by atoms with Crippen LogP contribution in [-0.4, -0.2) is 25.8 Å². The van der Waals surface area contributed by atoms with Gasteiger partial charge in [-0.1, -0.05) is 0 Å². The maximum Gasteiger partial charge on any atom is 0.163 e. The van der Waals surface area contributed by atoms with Crippen LogP contribution in [0.3, 0.4) is 0 Å². The third-order valence-corrected chi connectivity index (χ3v) is 4.54. The van der Waals surface area contributed by atoms with Crippen LogP contribution in [0.15, 0.2) is 24.4 Å². The highest BCUT2D eigenvalue weighted by Crippen LogP contribution is 2.39. The number of benzene rings is 1. The summed E-state index contributed by atoms with van der Waals surface area (Å²) in [6, 6.07) is 3.95. The van der Waals surface area contributed by atoms with Crippen molar-refractivity contribution in [2.24, 2.45) is 7.05 Å². The second-order valence-corrected chi connectivity index (χ2v) is 6.34. The molecule has 0 unspecified atom stereocenters. The minimum atomic E-state index is -0.523. The molecule has 1 N–H and O–H groups in total. The van der Waals surface area contributed by atoms with E-state index in [2.05, 4.69) is 20.4 Å². The largest absolute Gasteiger partial charge is 0.367 e. The normalized spacial score (nSPS) is 20.2. The third-order valence-electron chi connectivity index (χ3n) is 4.54. The van der Waals surface area contributed by atoms with Crippen molar-refractivity contribution in [1.82, 2.24) is 19.7 Å². The molecule has 2 aromatic heterocycles. The minimum absolute atomic E-state index is 0.167. The van der Waals surface area contributed by atoms with Gasteiger partial charge in [-0.25, -0.2) is 18.7 Å². The molecule has 0 saturated heterocycles. The van der Waals surface area contributed by atoms with Gasteiger partial charge in [0.25, 0.3) is 0 Å². The van der Waals surface area contributed by atoms with Crippen LogP contribution >= 0.6 is 0 Å². The quantitative estimate of drug-likeness (QED) is 0.801. The average molecular weight is 329 g/mol. The Balaban J connectivity index is 1.51. The Morgan fingerprint density at radius 1 is 1.12 bits per heavy atom. The van der Waals surface area contributed by atoms with Gasteiger partial charge in [-0.2, -0.15) is 5.10 Å².